The van der Waals surface area contributed by atoms with E-state index in [2.05, 4.69) is 0 Å². The summed E-state index contributed by atoms with van der Waals surface area (Å²) in [6, 6.07) is 0. The molecular weight excluding hydrogens is 243 g/mol. The predicted molar refractivity (Wildman–Crippen MR) is 46.3 cm³/mol. The predicted octanol–water partition coefficient (Wildman–Crippen LogP) is -2.65. The Morgan fingerprint density at radius 1 is 0.750 bits per heavy atom. The molecule has 0 aliphatic heterocycles. The van der Waals surface area contributed by atoms with Crippen LogP contribution in [0.4, 0.5) is 0 Å². The molecule has 0 unspecified atom stereocenters. The number of hydrogen-bond acceptors (Lipinski definition) is 4. The Kier molecular flexibility index (Phi) is 16.6. The van der Waals surface area contributed by atoms with Gasteiger partial charge in [-0.15, -0.1) is 0 Å². The second kappa shape index (κ2) is 8.63. The van der Waals surface area contributed by atoms with Gasteiger partial charge in [0.2, 0.25) is 0 Å². The van der Waals surface area contributed by atoms with Crippen LogP contribution in [0, 0.1) is 0 Å². The fourth-order valence-corrected chi connectivity index (χ4v) is 0. The standard InChI is InChI=1S/Al.Mg.2H2O4S.5H/c;;2*1-5(2,3)4;;;;;/h;;2*(H2,1,2,3,4);;;;;/q;+2;;;;;;2*-1. The van der Waals surface area contributed by atoms with Crippen LogP contribution in [0.2, 0.25) is 0 Å². The molecule has 0 atom stereocenters. The first-order chi connectivity index (χ1) is 4.00. The molecule has 0 saturated heterocycles. The monoisotopic (exact) mass is 252 g/mol. The van der Waals surface area contributed by atoms with Crippen LogP contribution in [0.15, 0.2) is 0 Å². The van der Waals surface area contributed by atoms with Crippen molar-refractivity contribution in [3.8, 4) is 0 Å². The third-order valence-corrected chi connectivity index (χ3v) is 0. The maximum atomic E-state index is 8.74. The van der Waals surface area contributed by atoms with E-state index in [4.69, 9.17) is 35.0 Å². The molecule has 0 heterocycles. The van der Waals surface area contributed by atoms with Crippen molar-refractivity contribution in [2.45, 2.75) is 0 Å². The van der Waals surface area contributed by atoms with Crippen LogP contribution in [-0.2, 0) is 20.8 Å². The van der Waals surface area contributed by atoms with Gasteiger partial charge in [-0.05, 0) is 0 Å². The van der Waals surface area contributed by atoms with Crippen LogP contribution in [0.3, 0.4) is 0 Å². The van der Waals surface area contributed by atoms with Crippen LogP contribution < -0.4 is 0 Å². The van der Waals surface area contributed by atoms with Crippen molar-refractivity contribution in [3.63, 3.8) is 0 Å². The Morgan fingerprint density at radius 2 is 0.750 bits per heavy atom. The molecule has 0 aromatic heterocycles. The van der Waals surface area contributed by atoms with E-state index >= 15 is 0 Å². The summed E-state index contributed by atoms with van der Waals surface area (Å²) in [6.07, 6.45) is 0. The molecule has 0 amide bonds. The minimum atomic E-state index is -4.67. The number of rotatable bonds is 0. The third kappa shape index (κ3) is 1030. The summed E-state index contributed by atoms with van der Waals surface area (Å²) in [5, 5.41) is 0. The first-order valence-corrected chi connectivity index (χ1v) is 4.19. The zero-order valence-electron chi connectivity index (χ0n) is 6.95. The van der Waals surface area contributed by atoms with Crippen LogP contribution in [0.5, 0.6) is 0 Å². The van der Waals surface area contributed by atoms with Crippen molar-refractivity contribution in [1.82, 2.24) is 0 Å². The second-order valence-corrected chi connectivity index (χ2v) is 2.69. The van der Waals surface area contributed by atoms with Crippen molar-refractivity contribution < 1.29 is 37.9 Å². The summed E-state index contributed by atoms with van der Waals surface area (Å²) in [6.45, 7) is 0. The molecule has 12 heavy (non-hydrogen) atoms. The van der Waals surface area contributed by atoms with E-state index in [1.165, 1.54) is 0 Å². The zero-order valence-corrected chi connectivity index (χ0v) is 7.99. The summed E-state index contributed by atoms with van der Waals surface area (Å²) in [4.78, 5) is 0. The Bertz CT molecular complexity index is 222. The molecular formula is H9AlMgO8S2. The quantitative estimate of drug-likeness (QED) is 0.270. The van der Waals surface area contributed by atoms with Crippen LogP contribution in [0.1, 0.15) is 2.85 Å². The molecule has 74 valence electrons. The van der Waals surface area contributed by atoms with Gasteiger partial charge < -0.3 is 2.85 Å². The molecule has 0 aliphatic carbocycles. The van der Waals surface area contributed by atoms with E-state index in [1.807, 2.05) is 0 Å². The maximum Gasteiger partial charge on any atom is 2.00 e. The van der Waals surface area contributed by atoms with Crippen LogP contribution in [0.25, 0.3) is 0 Å². The first kappa shape index (κ1) is 23.1. The summed E-state index contributed by atoms with van der Waals surface area (Å²) < 4.78 is 63.2. The van der Waals surface area contributed by atoms with Gasteiger partial charge in [0.25, 0.3) is 0 Å². The number of hydrogen-bond donors (Lipinski definition) is 4. The van der Waals surface area contributed by atoms with Gasteiger partial charge in [-0.3, -0.25) is 18.2 Å². The third-order valence-electron chi connectivity index (χ3n) is 0. The Hall–Kier alpha value is 1.04. The first-order valence-electron chi connectivity index (χ1n) is 1.40. The Labute approximate surface area is 98.8 Å². The zero-order chi connectivity index (χ0) is 9.00. The van der Waals surface area contributed by atoms with E-state index in [0.29, 0.717) is 0 Å². The van der Waals surface area contributed by atoms with E-state index in [0.717, 1.165) is 0 Å². The molecule has 0 saturated carbocycles. The molecule has 0 radical (unpaired) electrons. The van der Waals surface area contributed by atoms with Gasteiger partial charge in [-0.2, -0.15) is 16.8 Å². The van der Waals surface area contributed by atoms with Gasteiger partial charge in [-0.1, -0.05) is 0 Å². The van der Waals surface area contributed by atoms with Crippen molar-refractivity contribution in [2.24, 2.45) is 0 Å². The van der Waals surface area contributed by atoms with Gasteiger partial charge in [0.1, 0.15) is 0 Å². The molecule has 0 bridgehead atoms. The second-order valence-electron chi connectivity index (χ2n) is 0.896. The fourth-order valence-electron chi connectivity index (χ4n) is 0. The minimum absolute atomic E-state index is 0. The van der Waals surface area contributed by atoms with Gasteiger partial charge in [0.15, 0.2) is 17.4 Å². The molecule has 0 aliphatic rings. The summed E-state index contributed by atoms with van der Waals surface area (Å²) in [5.41, 5.74) is 0. The average molecular weight is 252 g/mol. The molecule has 0 rings (SSSR count). The van der Waals surface area contributed by atoms with Crippen molar-refractivity contribution in [3.05, 3.63) is 0 Å². The summed E-state index contributed by atoms with van der Waals surface area (Å²) in [7, 11) is -9.33. The van der Waals surface area contributed by atoms with Crippen molar-refractivity contribution in [2.75, 3.05) is 0 Å². The molecule has 0 aromatic carbocycles. The van der Waals surface area contributed by atoms with E-state index in [9.17, 15) is 0 Å². The van der Waals surface area contributed by atoms with E-state index < -0.39 is 20.8 Å². The topological polar surface area (TPSA) is 149 Å². The normalized spacial score (nSPS) is 9.67. The minimum Gasteiger partial charge on any atom is -1.00 e. The van der Waals surface area contributed by atoms with Crippen LogP contribution >= 0.6 is 0 Å². The average Bonchev–Trinajstić information content (AvgIpc) is 1.12. The van der Waals surface area contributed by atoms with Crippen molar-refractivity contribution >= 4 is 61.2 Å². The Morgan fingerprint density at radius 3 is 0.750 bits per heavy atom. The smallest absolute Gasteiger partial charge is 1.00 e. The fraction of sp³-hybridized carbons (Fsp3) is 0. The molecule has 0 fully saturated rings. The summed E-state index contributed by atoms with van der Waals surface area (Å²) in [5.74, 6) is 0. The van der Waals surface area contributed by atoms with Crippen molar-refractivity contribution in [1.29, 1.82) is 0 Å². The Balaban J connectivity index is -0.0000000178. The molecule has 0 spiro atoms. The summed E-state index contributed by atoms with van der Waals surface area (Å²) >= 11 is 0. The van der Waals surface area contributed by atoms with Gasteiger partial charge in [0, 0.05) is 0 Å². The SMILES string of the molecule is O=S(=O)(O)O.O=S(=O)(O)O.[AlH3].[H-].[H-].[Mg+2]. The molecule has 12 heteroatoms. The maximum absolute atomic E-state index is 8.74. The molecule has 8 nitrogen and oxygen atoms in total. The molecule has 4 N–H and O–H groups in total. The molecule has 0 aromatic rings. The largest absolute Gasteiger partial charge is 2.00 e. The van der Waals surface area contributed by atoms with E-state index in [-0.39, 0.29) is 43.3 Å². The van der Waals surface area contributed by atoms with E-state index in [1.54, 1.807) is 0 Å². The van der Waals surface area contributed by atoms with Gasteiger partial charge in [0.05, 0.1) is 0 Å². The van der Waals surface area contributed by atoms with Crippen LogP contribution in [-0.4, -0.2) is 75.5 Å². The van der Waals surface area contributed by atoms with Gasteiger partial charge >= 0.3 is 43.9 Å². The van der Waals surface area contributed by atoms with Gasteiger partial charge in [-0.25, -0.2) is 0 Å².